The molecule has 0 bridgehead atoms. The van der Waals surface area contributed by atoms with Crippen LogP contribution in [0.3, 0.4) is 0 Å². The Balaban J connectivity index is 1.51. The Hall–Kier alpha value is -2.58. The van der Waals surface area contributed by atoms with Crippen molar-refractivity contribution in [2.75, 3.05) is 5.32 Å². The first-order chi connectivity index (χ1) is 16.0. The van der Waals surface area contributed by atoms with Crippen molar-refractivity contribution < 1.29 is 4.79 Å². The first-order valence-electron chi connectivity index (χ1n) is 9.85. The molecule has 33 heavy (non-hydrogen) atoms. The van der Waals surface area contributed by atoms with Gasteiger partial charge in [-0.15, -0.1) is 11.3 Å². The lowest BCUT2D eigenvalue weighted by Crippen LogP contribution is -2.13. The van der Waals surface area contributed by atoms with Crippen LogP contribution in [0.2, 0.25) is 5.02 Å². The van der Waals surface area contributed by atoms with Gasteiger partial charge in [-0.05, 0) is 48.5 Å². The molecule has 5 rings (SSSR count). The molecule has 0 saturated carbocycles. The summed E-state index contributed by atoms with van der Waals surface area (Å²) in [5, 5.41) is 6.62. The highest BCUT2D eigenvalue weighted by atomic mass is 79.9. The summed E-state index contributed by atoms with van der Waals surface area (Å²) in [6.45, 7) is 0. The number of nitrogens with zero attached hydrogens (tertiary/aromatic N) is 2. The Bertz CT molecular complexity index is 1480. The SMILES string of the molecule is O=C(Nc1nc(-c2ccc(Br)cc2)cs1)c1cc(-c2ccc(Br)cc2)nc2ccc(Cl)cc12. The number of halogens is 3. The Labute approximate surface area is 215 Å². The minimum atomic E-state index is -0.264. The monoisotopic (exact) mass is 597 g/mol. The summed E-state index contributed by atoms with van der Waals surface area (Å²) in [5.41, 5.74) is 4.59. The smallest absolute Gasteiger partial charge is 0.258 e. The molecule has 3 aromatic carbocycles. The van der Waals surface area contributed by atoms with E-state index in [4.69, 9.17) is 16.6 Å². The molecule has 0 atom stereocenters. The topological polar surface area (TPSA) is 54.9 Å². The van der Waals surface area contributed by atoms with Gasteiger partial charge in [0.25, 0.3) is 5.91 Å². The van der Waals surface area contributed by atoms with Gasteiger partial charge in [-0.3, -0.25) is 10.1 Å². The average molecular weight is 600 g/mol. The van der Waals surface area contributed by atoms with Gasteiger partial charge < -0.3 is 0 Å². The van der Waals surface area contributed by atoms with Crippen molar-refractivity contribution in [1.29, 1.82) is 0 Å². The third kappa shape index (κ3) is 4.87. The van der Waals surface area contributed by atoms with E-state index in [0.717, 1.165) is 25.8 Å². The highest BCUT2D eigenvalue weighted by Crippen LogP contribution is 2.30. The highest BCUT2D eigenvalue weighted by molar-refractivity contribution is 9.10. The molecule has 2 heterocycles. The Morgan fingerprint density at radius 3 is 2.12 bits per heavy atom. The van der Waals surface area contributed by atoms with Gasteiger partial charge >= 0.3 is 0 Å². The minimum absolute atomic E-state index is 0.264. The van der Waals surface area contributed by atoms with Crippen LogP contribution in [-0.4, -0.2) is 15.9 Å². The van der Waals surface area contributed by atoms with Gasteiger partial charge in [0.2, 0.25) is 0 Å². The Morgan fingerprint density at radius 2 is 1.45 bits per heavy atom. The van der Waals surface area contributed by atoms with Crippen molar-refractivity contribution >= 4 is 76.7 Å². The van der Waals surface area contributed by atoms with E-state index in [-0.39, 0.29) is 5.91 Å². The molecule has 1 amide bonds. The fourth-order valence-corrected chi connectivity index (χ4v) is 4.82. The number of pyridine rings is 1. The zero-order valence-electron chi connectivity index (χ0n) is 16.9. The largest absolute Gasteiger partial charge is 0.298 e. The number of amides is 1. The number of carbonyl (C=O) groups excluding carboxylic acids is 1. The van der Waals surface area contributed by atoms with Crippen LogP contribution in [0.4, 0.5) is 5.13 Å². The van der Waals surface area contributed by atoms with Crippen molar-refractivity contribution in [3.05, 3.63) is 97.7 Å². The van der Waals surface area contributed by atoms with Gasteiger partial charge in [-0.25, -0.2) is 9.97 Å². The van der Waals surface area contributed by atoms with Gasteiger partial charge in [0.05, 0.1) is 22.5 Å². The molecule has 0 aliphatic heterocycles. The third-order valence-corrected chi connectivity index (χ3v) is 7.07. The number of carbonyl (C=O) groups is 1. The van der Waals surface area contributed by atoms with Crippen LogP contribution in [0.5, 0.6) is 0 Å². The molecule has 0 aliphatic rings. The second-order valence-corrected chi connectivity index (χ2v) is 10.3. The van der Waals surface area contributed by atoms with E-state index in [0.29, 0.717) is 32.3 Å². The van der Waals surface area contributed by atoms with E-state index in [1.54, 1.807) is 18.2 Å². The molecule has 4 nitrogen and oxygen atoms in total. The molecule has 0 radical (unpaired) electrons. The number of hydrogen-bond donors (Lipinski definition) is 1. The molecule has 0 spiro atoms. The van der Waals surface area contributed by atoms with E-state index in [1.165, 1.54) is 11.3 Å². The Kier molecular flexibility index (Phi) is 6.29. The third-order valence-electron chi connectivity index (χ3n) is 5.02. The number of hydrogen-bond acceptors (Lipinski definition) is 4. The number of thiazole rings is 1. The summed E-state index contributed by atoms with van der Waals surface area (Å²) in [7, 11) is 0. The fourth-order valence-electron chi connectivity index (χ4n) is 3.40. The lowest BCUT2D eigenvalue weighted by atomic mass is 10.0. The van der Waals surface area contributed by atoms with Crippen molar-refractivity contribution in [1.82, 2.24) is 9.97 Å². The van der Waals surface area contributed by atoms with Crippen LogP contribution in [-0.2, 0) is 0 Å². The number of benzene rings is 3. The quantitative estimate of drug-likeness (QED) is 0.226. The predicted molar refractivity (Wildman–Crippen MR) is 143 cm³/mol. The maximum Gasteiger partial charge on any atom is 0.258 e. The molecule has 0 unspecified atom stereocenters. The molecule has 1 N–H and O–H groups in total. The van der Waals surface area contributed by atoms with Crippen LogP contribution < -0.4 is 5.32 Å². The van der Waals surface area contributed by atoms with Crippen LogP contribution in [0.1, 0.15) is 10.4 Å². The molecule has 162 valence electrons. The highest BCUT2D eigenvalue weighted by Gasteiger charge is 2.16. The van der Waals surface area contributed by atoms with Crippen LogP contribution in [0.25, 0.3) is 33.4 Å². The molecule has 0 aliphatic carbocycles. The Morgan fingerprint density at radius 1 is 0.818 bits per heavy atom. The van der Waals surface area contributed by atoms with Crippen LogP contribution >= 0.6 is 54.8 Å². The van der Waals surface area contributed by atoms with E-state index >= 15 is 0 Å². The maximum atomic E-state index is 13.3. The average Bonchev–Trinajstić information content (AvgIpc) is 3.27. The van der Waals surface area contributed by atoms with E-state index in [1.807, 2.05) is 60.0 Å². The summed E-state index contributed by atoms with van der Waals surface area (Å²) in [6, 6.07) is 22.8. The lowest BCUT2D eigenvalue weighted by Gasteiger charge is -2.10. The fraction of sp³-hybridized carbons (Fsp3) is 0. The number of anilines is 1. The maximum absolute atomic E-state index is 13.3. The summed E-state index contributed by atoms with van der Waals surface area (Å²) in [5.74, 6) is -0.264. The van der Waals surface area contributed by atoms with E-state index in [9.17, 15) is 4.79 Å². The number of aromatic nitrogens is 2. The first-order valence-corrected chi connectivity index (χ1v) is 12.7. The molecule has 0 saturated heterocycles. The summed E-state index contributed by atoms with van der Waals surface area (Å²) >= 11 is 14.5. The van der Waals surface area contributed by atoms with Gasteiger partial charge in [-0.1, -0.05) is 67.7 Å². The number of fused-ring (bicyclic) bond motifs is 1. The summed E-state index contributed by atoms with van der Waals surface area (Å²) in [4.78, 5) is 22.7. The van der Waals surface area contributed by atoms with E-state index < -0.39 is 0 Å². The first kappa shape index (κ1) is 22.2. The second-order valence-electron chi connectivity index (χ2n) is 7.22. The van der Waals surface area contributed by atoms with Gasteiger partial charge in [-0.2, -0.15) is 0 Å². The molecule has 5 aromatic rings. The molecule has 0 fully saturated rings. The van der Waals surface area contributed by atoms with Crippen molar-refractivity contribution in [2.24, 2.45) is 0 Å². The molecule has 8 heteroatoms. The van der Waals surface area contributed by atoms with E-state index in [2.05, 4.69) is 42.2 Å². The van der Waals surface area contributed by atoms with Crippen molar-refractivity contribution in [2.45, 2.75) is 0 Å². The number of rotatable bonds is 4. The molecular weight excluding hydrogens is 586 g/mol. The normalized spacial score (nSPS) is 11.0. The van der Waals surface area contributed by atoms with Crippen molar-refractivity contribution in [3.63, 3.8) is 0 Å². The minimum Gasteiger partial charge on any atom is -0.298 e. The van der Waals surface area contributed by atoms with Gasteiger partial charge in [0.15, 0.2) is 5.13 Å². The van der Waals surface area contributed by atoms with Crippen molar-refractivity contribution in [3.8, 4) is 22.5 Å². The predicted octanol–water partition coefficient (Wildman–Crippen LogP) is 8.46. The summed E-state index contributed by atoms with van der Waals surface area (Å²) in [6.07, 6.45) is 0. The zero-order chi connectivity index (χ0) is 22.9. The zero-order valence-corrected chi connectivity index (χ0v) is 21.6. The summed E-state index contributed by atoms with van der Waals surface area (Å²) < 4.78 is 1.97. The lowest BCUT2D eigenvalue weighted by molar-refractivity contribution is 0.102. The van der Waals surface area contributed by atoms with Gasteiger partial charge in [0, 0.05) is 35.9 Å². The second kappa shape index (κ2) is 9.35. The van der Waals surface area contributed by atoms with Crippen LogP contribution in [0.15, 0.2) is 87.1 Å². The van der Waals surface area contributed by atoms with Gasteiger partial charge in [0.1, 0.15) is 0 Å². The molecular formula is C25H14Br2ClN3OS. The molecule has 2 aromatic heterocycles. The van der Waals surface area contributed by atoms with Crippen LogP contribution in [0, 0.1) is 0 Å². The number of nitrogens with one attached hydrogen (secondary N) is 1. The standard InChI is InChI=1S/C25H14Br2ClN3OS/c26-16-5-1-14(2-6-16)22-12-20(19-11-18(28)9-10-21(19)29-22)24(32)31-25-30-23(13-33-25)15-3-7-17(27)8-4-15/h1-13H,(H,30,31,32).